The number of carbonyl (C=O) groups excluding carboxylic acids is 3. The van der Waals surface area contributed by atoms with Crippen molar-refractivity contribution in [3.05, 3.63) is 34.9 Å². The molecular weight excluding hydrogens is 382 g/mol. The van der Waals surface area contributed by atoms with Gasteiger partial charge in [0.1, 0.15) is 6.04 Å². The van der Waals surface area contributed by atoms with Crippen LogP contribution in [0.25, 0.3) is 0 Å². The van der Waals surface area contributed by atoms with Crippen LogP contribution in [-0.2, 0) is 9.53 Å². The van der Waals surface area contributed by atoms with Gasteiger partial charge in [-0.2, -0.15) is 0 Å². The van der Waals surface area contributed by atoms with Gasteiger partial charge >= 0.3 is 6.09 Å². The fourth-order valence-electron chi connectivity index (χ4n) is 3.07. The van der Waals surface area contributed by atoms with Gasteiger partial charge in [-0.15, -0.1) is 0 Å². The molecule has 3 amide bonds. The number of nitrogens with one attached hydrogen (secondary N) is 2. The van der Waals surface area contributed by atoms with Gasteiger partial charge in [0.15, 0.2) is 0 Å². The van der Waals surface area contributed by atoms with Crippen molar-refractivity contribution in [2.45, 2.75) is 45.7 Å². The zero-order valence-corrected chi connectivity index (χ0v) is 17.3. The molecule has 1 aromatic carbocycles. The first-order valence-electron chi connectivity index (χ1n) is 9.60. The molecule has 154 valence electrons. The van der Waals surface area contributed by atoms with Crippen molar-refractivity contribution in [3.8, 4) is 0 Å². The second-order valence-electron chi connectivity index (χ2n) is 7.17. The van der Waals surface area contributed by atoms with E-state index in [-0.39, 0.29) is 29.9 Å². The molecule has 1 aliphatic rings. The van der Waals surface area contributed by atoms with Crippen molar-refractivity contribution < 1.29 is 19.1 Å². The molecule has 1 fully saturated rings. The molecule has 1 aliphatic heterocycles. The Kier molecular flexibility index (Phi) is 8.11. The standard InChI is InChI=1S/C20H28ClN3O4/c1-4-28-20(27)24-11-9-16(10-12-24)22-19(26)17(13(2)3)23-18(25)14-5-7-15(21)8-6-14/h5-8,13,16-17H,4,9-12H2,1-3H3,(H,22,26)(H,23,25)/t17-/m0/s1. The summed E-state index contributed by atoms with van der Waals surface area (Å²) >= 11 is 5.85. The first-order chi connectivity index (χ1) is 13.3. The van der Waals surface area contributed by atoms with Gasteiger partial charge < -0.3 is 20.3 Å². The van der Waals surface area contributed by atoms with Crippen molar-refractivity contribution in [2.24, 2.45) is 5.92 Å². The van der Waals surface area contributed by atoms with E-state index in [1.54, 1.807) is 36.1 Å². The number of amides is 3. The van der Waals surface area contributed by atoms with E-state index in [4.69, 9.17) is 16.3 Å². The predicted octanol–water partition coefficient (Wildman–Crippen LogP) is 2.83. The second kappa shape index (κ2) is 10.3. The normalized spacial score (nSPS) is 15.8. The molecule has 2 rings (SSSR count). The van der Waals surface area contributed by atoms with Gasteiger partial charge in [0.25, 0.3) is 5.91 Å². The molecule has 28 heavy (non-hydrogen) atoms. The molecule has 0 saturated carbocycles. The average molecular weight is 410 g/mol. The Morgan fingerprint density at radius 1 is 1.18 bits per heavy atom. The zero-order valence-electron chi connectivity index (χ0n) is 16.5. The molecule has 1 saturated heterocycles. The Morgan fingerprint density at radius 2 is 1.79 bits per heavy atom. The first kappa shape index (κ1) is 22.0. The highest BCUT2D eigenvalue weighted by Gasteiger charge is 2.29. The van der Waals surface area contributed by atoms with Crippen LogP contribution in [0.15, 0.2) is 24.3 Å². The van der Waals surface area contributed by atoms with Crippen molar-refractivity contribution >= 4 is 29.5 Å². The summed E-state index contributed by atoms with van der Waals surface area (Å²) < 4.78 is 5.00. The second-order valence-corrected chi connectivity index (χ2v) is 7.61. The monoisotopic (exact) mass is 409 g/mol. The smallest absolute Gasteiger partial charge is 0.409 e. The number of carbonyl (C=O) groups is 3. The van der Waals surface area contributed by atoms with E-state index in [0.717, 1.165) is 0 Å². The highest BCUT2D eigenvalue weighted by molar-refractivity contribution is 6.30. The van der Waals surface area contributed by atoms with Gasteiger partial charge in [0.2, 0.25) is 5.91 Å². The molecule has 1 aromatic rings. The number of piperidine rings is 1. The van der Waals surface area contributed by atoms with Crippen LogP contribution in [0.5, 0.6) is 0 Å². The minimum Gasteiger partial charge on any atom is -0.450 e. The number of halogens is 1. The Balaban J connectivity index is 1.90. The highest BCUT2D eigenvalue weighted by Crippen LogP contribution is 2.14. The molecule has 1 atom stereocenters. The predicted molar refractivity (Wildman–Crippen MR) is 107 cm³/mol. The maximum atomic E-state index is 12.7. The quantitative estimate of drug-likeness (QED) is 0.756. The van der Waals surface area contributed by atoms with Gasteiger partial charge in [0.05, 0.1) is 6.61 Å². The average Bonchev–Trinajstić information content (AvgIpc) is 2.66. The third-order valence-electron chi connectivity index (χ3n) is 4.71. The summed E-state index contributed by atoms with van der Waals surface area (Å²) in [5, 5.41) is 6.36. The van der Waals surface area contributed by atoms with E-state index in [1.807, 2.05) is 13.8 Å². The topological polar surface area (TPSA) is 87.7 Å². The Morgan fingerprint density at radius 3 is 2.32 bits per heavy atom. The number of benzene rings is 1. The van der Waals surface area contributed by atoms with Gasteiger partial charge in [-0.25, -0.2) is 4.79 Å². The van der Waals surface area contributed by atoms with Crippen molar-refractivity contribution in [1.82, 2.24) is 15.5 Å². The van der Waals surface area contributed by atoms with Crippen molar-refractivity contribution in [3.63, 3.8) is 0 Å². The maximum Gasteiger partial charge on any atom is 0.409 e. The summed E-state index contributed by atoms with van der Waals surface area (Å²) in [7, 11) is 0. The summed E-state index contributed by atoms with van der Waals surface area (Å²) in [6, 6.07) is 5.84. The SMILES string of the molecule is CCOC(=O)N1CCC(NC(=O)[C@@H](NC(=O)c2ccc(Cl)cc2)C(C)C)CC1. The Hall–Kier alpha value is -2.28. The number of rotatable bonds is 6. The van der Waals surface area contributed by atoms with Crippen LogP contribution in [0.1, 0.15) is 44.0 Å². The lowest BCUT2D eigenvalue weighted by atomic mass is 10.00. The summed E-state index contributed by atoms with van der Waals surface area (Å²) in [5.74, 6) is -0.606. The van der Waals surface area contributed by atoms with Crippen LogP contribution < -0.4 is 10.6 Å². The third-order valence-corrected chi connectivity index (χ3v) is 4.96. The number of hydrogen-bond donors (Lipinski definition) is 2. The summed E-state index contributed by atoms with van der Waals surface area (Å²) in [4.78, 5) is 38.6. The van der Waals surface area contributed by atoms with Crippen molar-refractivity contribution in [2.75, 3.05) is 19.7 Å². The van der Waals surface area contributed by atoms with Gasteiger partial charge in [0, 0.05) is 29.7 Å². The van der Waals surface area contributed by atoms with E-state index in [9.17, 15) is 14.4 Å². The molecule has 8 heteroatoms. The molecule has 2 N–H and O–H groups in total. The molecule has 0 spiro atoms. The molecule has 0 bridgehead atoms. The van der Waals surface area contributed by atoms with Gasteiger partial charge in [-0.3, -0.25) is 9.59 Å². The molecule has 1 heterocycles. The minimum atomic E-state index is -0.647. The fourth-order valence-corrected chi connectivity index (χ4v) is 3.20. The summed E-state index contributed by atoms with van der Waals surface area (Å²) in [5.41, 5.74) is 0.450. The molecule has 0 aliphatic carbocycles. The van der Waals surface area contributed by atoms with Crippen LogP contribution in [0, 0.1) is 5.92 Å². The van der Waals surface area contributed by atoms with E-state index in [2.05, 4.69) is 10.6 Å². The Labute approximate surface area is 170 Å². The molecule has 0 unspecified atom stereocenters. The molecule has 7 nitrogen and oxygen atoms in total. The van der Waals surface area contributed by atoms with Gasteiger partial charge in [-0.05, 0) is 49.9 Å². The van der Waals surface area contributed by atoms with Crippen LogP contribution >= 0.6 is 11.6 Å². The Bertz CT molecular complexity index is 685. The van der Waals surface area contributed by atoms with Crippen LogP contribution in [-0.4, -0.2) is 54.6 Å². The third kappa shape index (κ3) is 6.12. The number of ether oxygens (including phenoxy) is 1. The molecule has 0 radical (unpaired) electrons. The minimum absolute atomic E-state index is 0.0353. The molecule has 0 aromatic heterocycles. The van der Waals surface area contributed by atoms with E-state index in [0.29, 0.717) is 43.1 Å². The van der Waals surface area contributed by atoms with E-state index < -0.39 is 6.04 Å². The van der Waals surface area contributed by atoms with E-state index in [1.165, 1.54) is 0 Å². The summed E-state index contributed by atoms with van der Waals surface area (Å²) in [6.45, 7) is 6.96. The maximum absolute atomic E-state index is 12.7. The molecular formula is C20H28ClN3O4. The first-order valence-corrected chi connectivity index (χ1v) is 9.98. The highest BCUT2D eigenvalue weighted by atomic mass is 35.5. The number of hydrogen-bond acceptors (Lipinski definition) is 4. The van der Waals surface area contributed by atoms with Crippen LogP contribution in [0.3, 0.4) is 0 Å². The van der Waals surface area contributed by atoms with Crippen LogP contribution in [0.4, 0.5) is 4.79 Å². The van der Waals surface area contributed by atoms with E-state index >= 15 is 0 Å². The summed E-state index contributed by atoms with van der Waals surface area (Å²) in [6.07, 6.45) is 0.989. The van der Waals surface area contributed by atoms with Gasteiger partial charge in [-0.1, -0.05) is 25.4 Å². The lowest BCUT2D eigenvalue weighted by Crippen LogP contribution is -2.54. The number of nitrogens with zero attached hydrogens (tertiary/aromatic N) is 1. The van der Waals surface area contributed by atoms with Crippen LogP contribution in [0.2, 0.25) is 5.02 Å². The lowest BCUT2D eigenvalue weighted by Gasteiger charge is -2.33. The zero-order chi connectivity index (χ0) is 20.7. The fraction of sp³-hybridized carbons (Fsp3) is 0.550. The number of likely N-dealkylation sites (tertiary alicyclic amines) is 1. The lowest BCUT2D eigenvalue weighted by molar-refractivity contribution is -0.124. The van der Waals surface area contributed by atoms with Crippen molar-refractivity contribution in [1.29, 1.82) is 0 Å². The largest absolute Gasteiger partial charge is 0.450 e.